The SMILES string of the molecule is Cc1cc2c3c(c1)N(c1ccc(C(C)(C)C)cc1-c1ccccc1)c1ccc(-c4ccccc4)cc1B3c1ccc(N3c4ccc(-c5ccccc5)cc4C4(C)CCc5ccccc5C34C)cc1N2c1ccc(C(C)(C)C)cc1. The van der Waals surface area contributed by atoms with Crippen LogP contribution in [0.4, 0.5) is 45.5 Å². The van der Waals surface area contributed by atoms with Gasteiger partial charge < -0.3 is 14.7 Å². The van der Waals surface area contributed by atoms with Gasteiger partial charge in [0.05, 0.1) is 11.2 Å². The van der Waals surface area contributed by atoms with E-state index in [1.807, 2.05) is 0 Å². The van der Waals surface area contributed by atoms with Gasteiger partial charge in [0, 0.05) is 50.8 Å². The van der Waals surface area contributed by atoms with E-state index in [1.54, 1.807) is 0 Å². The van der Waals surface area contributed by atoms with Gasteiger partial charge in [-0.2, -0.15) is 0 Å². The van der Waals surface area contributed by atoms with Crippen LogP contribution in [0.1, 0.15) is 95.2 Å². The predicted molar refractivity (Wildman–Crippen MR) is 337 cm³/mol. The summed E-state index contributed by atoms with van der Waals surface area (Å²) in [6.45, 7) is 21.2. The van der Waals surface area contributed by atoms with Crippen LogP contribution in [-0.4, -0.2) is 6.71 Å². The lowest BCUT2D eigenvalue weighted by molar-refractivity contribution is 0.245. The molecule has 0 fully saturated rings. The van der Waals surface area contributed by atoms with E-state index in [9.17, 15) is 0 Å². The van der Waals surface area contributed by atoms with Crippen LogP contribution in [0.5, 0.6) is 0 Å². The zero-order valence-corrected chi connectivity index (χ0v) is 47.2. The normalized spacial score (nSPS) is 17.8. The number of benzene rings is 10. The maximum atomic E-state index is 2.74. The van der Waals surface area contributed by atoms with Crippen molar-refractivity contribution in [1.29, 1.82) is 0 Å². The third kappa shape index (κ3) is 7.54. The second kappa shape index (κ2) is 17.8. The molecule has 3 nitrogen and oxygen atoms in total. The van der Waals surface area contributed by atoms with Crippen LogP contribution in [0.15, 0.2) is 224 Å². The Hall–Kier alpha value is -8.34. The van der Waals surface area contributed by atoms with E-state index in [-0.39, 0.29) is 28.5 Å². The van der Waals surface area contributed by atoms with Gasteiger partial charge in [0.1, 0.15) is 0 Å². The predicted octanol–water partition coefficient (Wildman–Crippen LogP) is 17.9. The van der Waals surface area contributed by atoms with Crippen molar-refractivity contribution in [2.45, 2.75) is 96.9 Å². The summed E-state index contributed by atoms with van der Waals surface area (Å²) in [5.74, 6) is 0. The molecular weight excluding hydrogens is 954 g/mol. The minimum Gasteiger partial charge on any atom is -0.330 e. The van der Waals surface area contributed by atoms with Crippen molar-refractivity contribution in [2.24, 2.45) is 0 Å². The number of rotatable bonds is 6. The molecule has 2 unspecified atom stereocenters. The molecule has 79 heavy (non-hydrogen) atoms. The topological polar surface area (TPSA) is 9.72 Å². The van der Waals surface area contributed by atoms with Gasteiger partial charge in [-0.1, -0.05) is 206 Å². The number of anilines is 8. The highest BCUT2D eigenvalue weighted by Gasteiger charge is 2.60. The molecule has 0 aromatic heterocycles. The molecule has 0 saturated carbocycles. The van der Waals surface area contributed by atoms with Crippen LogP contribution in [0, 0.1) is 6.92 Å². The molecule has 10 aromatic rings. The van der Waals surface area contributed by atoms with Gasteiger partial charge in [-0.05, 0) is 182 Å². The molecule has 0 spiro atoms. The third-order valence-corrected chi connectivity index (χ3v) is 18.6. The summed E-state index contributed by atoms with van der Waals surface area (Å²) in [6, 6.07) is 85.9. The first kappa shape index (κ1) is 49.0. The number of hydrogen-bond acceptors (Lipinski definition) is 3. The quantitative estimate of drug-likeness (QED) is 0.154. The Labute approximate surface area is 468 Å². The van der Waals surface area contributed by atoms with Gasteiger partial charge in [-0.3, -0.25) is 0 Å². The fourth-order valence-corrected chi connectivity index (χ4v) is 14.3. The Balaban J connectivity index is 1.05. The van der Waals surface area contributed by atoms with Crippen molar-refractivity contribution in [2.75, 3.05) is 14.7 Å². The van der Waals surface area contributed by atoms with Crippen molar-refractivity contribution in [1.82, 2.24) is 0 Å². The lowest BCUT2D eigenvalue weighted by atomic mass is 9.33. The van der Waals surface area contributed by atoms with Gasteiger partial charge in [0.15, 0.2) is 0 Å². The summed E-state index contributed by atoms with van der Waals surface area (Å²) in [7, 11) is 0. The van der Waals surface area contributed by atoms with E-state index in [0.29, 0.717) is 0 Å². The zero-order chi connectivity index (χ0) is 54.2. The van der Waals surface area contributed by atoms with Crippen LogP contribution < -0.4 is 31.1 Å². The molecule has 0 amide bonds. The van der Waals surface area contributed by atoms with E-state index in [4.69, 9.17) is 0 Å². The lowest BCUT2D eigenvalue weighted by Crippen LogP contribution is -2.61. The Morgan fingerprint density at radius 3 is 1.62 bits per heavy atom. The summed E-state index contributed by atoms with van der Waals surface area (Å²) in [4.78, 5) is 7.96. The molecule has 2 atom stereocenters. The van der Waals surface area contributed by atoms with Crippen molar-refractivity contribution in [3.63, 3.8) is 0 Å². The highest BCUT2D eigenvalue weighted by molar-refractivity contribution is 7.00. The zero-order valence-electron chi connectivity index (χ0n) is 47.2. The average molecular weight is 1020 g/mol. The molecule has 1 aliphatic carbocycles. The van der Waals surface area contributed by atoms with E-state index in [2.05, 4.69) is 301 Å². The molecule has 0 N–H and O–H groups in total. The molecule has 3 aliphatic heterocycles. The smallest absolute Gasteiger partial charge is 0.252 e. The van der Waals surface area contributed by atoms with E-state index in [0.717, 1.165) is 18.5 Å². The van der Waals surface area contributed by atoms with Crippen LogP contribution in [0.25, 0.3) is 33.4 Å². The van der Waals surface area contributed by atoms with Crippen LogP contribution in [-0.2, 0) is 28.2 Å². The molecule has 4 aliphatic rings. The standard InChI is InChI=1S/C75H68BN3/c1-49-43-69-71-70(44-49)78(65-40-33-57(73(5,6)7)47-60(65)52-25-17-12-18-26-52)67-39-30-55(51-23-15-11-16-24-51)46-64(67)76(71)63-37-36-59(48-68(63)77(69)58-34-31-56(32-35-58)72(2,3)4)79-66-38-29-54(50-21-13-10-14-22-50)45-62(66)74(8)42-41-53-27-19-20-28-61(53)75(74,79)9/h10-40,43-48H,41-42H2,1-9H3. The minimum absolute atomic E-state index is 0.000670. The largest absolute Gasteiger partial charge is 0.330 e. The lowest BCUT2D eigenvalue weighted by Gasteiger charge is -2.51. The van der Waals surface area contributed by atoms with Crippen molar-refractivity contribution < 1.29 is 0 Å². The van der Waals surface area contributed by atoms with Crippen molar-refractivity contribution in [3.8, 4) is 33.4 Å². The number of fused-ring (bicyclic) bond motifs is 9. The Morgan fingerprint density at radius 1 is 0.405 bits per heavy atom. The van der Waals surface area contributed by atoms with Crippen molar-refractivity contribution in [3.05, 3.63) is 258 Å². The Bertz CT molecular complexity index is 4040. The summed E-state index contributed by atoms with van der Waals surface area (Å²) in [5.41, 5.74) is 28.5. The Kier molecular flexibility index (Phi) is 11.1. The molecule has 14 rings (SSSR count). The van der Waals surface area contributed by atoms with Crippen LogP contribution in [0.3, 0.4) is 0 Å². The second-order valence-corrected chi connectivity index (χ2v) is 25.3. The molecule has 10 aromatic carbocycles. The van der Waals surface area contributed by atoms with Gasteiger partial charge in [0.2, 0.25) is 0 Å². The van der Waals surface area contributed by atoms with Crippen LogP contribution in [0.2, 0.25) is 0 Å². The molecule has 0 saturated heterocycles. The summed E-state index contributed by atoms with van der Waals surface area (Å²) in [5, 5.41) is 0. The first-order valence-corrected chi connectivity index (χ1v) is 28.6. The fourth-order valence-electron chi connectivity index (χ4n) is 14.3. The van der Waals surface area contributed by atoms with E-state index < -0.39 is 0 Å². The number of aryl methyl sites for hydroxylation is 2. The third-order valence-electron chi connectivity index (χ3n) is 18.6. The van der Waals surface area contributed by atoms with Gasteiger partial charge in [-0.15, -0.1) is 0 Å². The van der Waals surface area contributed by atoms with Crippen LogP contribution >= 0.6 is 0 Å². The molecule has 4 heteroatoms. The summed E-state index contributed by atoms with van der Waals surface area (Å²) < 4.78 is 0. The second-order valence-electron chi connectivity index (χ2n) is 25.3. The Morgan fingerprint density at radius 2 is 0.962 bits per heavy atom. The number of nitrogens with zero attached hydrogens (tertiary/aromatic N) is 3. The first-order chi connectivity index (χ1) is 38.1. The van der Waals surface area contributed by atoms with Gasteiger partial charge in [-0.25, -0.2) is 0 Å². The maximum Gasteiger partial charge on any atom is 0.252 e. The molecule has 386 valence electrons. The van der Waals surface area contributed by atoms with Crippen molar-refractivity contribution >= 4 is 68.6 Å². The van der Waals surface area contributed by atoms with Gasteiger partial charge >= 0.3 is 0 Å². The molecule has 0 radical (unpaired) electrons. The monoisotopic (exact) mass is 1020 g/mol. The fraction of sp³-hybridized carbons (Fsp3) is 0.200. The summed E-state index contributed by atoms with van der Waals surface area (Å²) >= 11 is 0. The average Bonchev–Trinajstić information content (AvgIpc) is 2.17. The maximum absolute atomic E-state index is 2.74. The summed E-state index contributed by atoms with van der Waals surface area (Å²) in [6.07, 6.45) is 2.10. The highest BCUT2D eigenvalue weighted by atomic mass is 15.3. The number of hydrogen-bond donors (Lipinski definition) is 0. The minimum atomic E-state index is -0.384. The molecule has 0 bridgehead atoms. The highest BCUT2D eigenvalue weighted by Crippen LogP contribution is 2.64. The first-order valence-electron chi connectivity index (χ1n) is 28.6. The molecule has 3 heterocycles. The van der Waals surface area contributed by atoms with E-state index >= 15 is 0 Å². The molecular formula is C75H68BN3. The van der Waals surface area contributed by atoms with Gasteiger partial charge in [0.25, 0.3) is 6.71 Å². The van der Waals surface area contributed by atoms with E-state index in [1.165, 1.54) is 123 Å².